The highest BCUT2D eigenvalue weighted by Crippen LogP contribution is 2.29. The molecule has 4 rings (SSSR count). The van der Waals surface area contributed by atoms with Crippen LogP contribution in [0.2, 0.25) is 0 Å². The Morgan fingerprint density at radius 2 is 1.44 bits per heavy atom. The molecule has 1 saturated heterocycles. The Labute approximate surface area is 161 Å². The van der Waals surface area contributed by atoms with E-state index in [1.807, 2.05) is 11.1 Å². The first-order chi connectivity index (χ1) is 13.0. The van der Waals surface area contributed by atoms with E-state index in [9.17, 15) is 0 Å². The van der Waals surface area contributed by atoms with Crippen LogP contribution in [-0.2, 0) is 10.3 Å². The third-order valence-electron chi connectivity index (χ3n) is 4.99. The number of hydroxylamine groups is 1. The summed E-state index contributed by atoms with van der Waals surface area (Å²) in [6, 6.07) is 27.6. The molecule has 1 atom stereocenters. The van der Waals surface area contributed by atoms with Crippen LogP contribution in [0.1, 0.15) is 38.1 Å². The monoisotopic (exact) mass is 358 g/mol. The molecule has 138 valence electrons. The second kappa shape index (κ2) is 7.18. The van der Waals surface area contributed by atoms with Crippen molar-refractivity contribution in [2.24, 2.45) is 0 Å². The zero-order valence-electron chi connectivity index (χ0n) is 16.1. The molecule has 0 saturated carbocycles. The summed E-state index contributed by atoms with van der Waals surface area (Å²) in [6.45, 7) is 7.35. The van der Waals surface area contributed by atoms with Crippen molar-refractivity contribution in [1.29, 1.82) is 0 Å². The molecule has 1 aliphatic heterocycles. The summed E-state index contributed by atoms with van der Waals surface area (Å²) in [7, 11) is 0. The molecule has 1 N–H and O–H groups in total. The van der Waals surface area contributed by atoms with Gasteiger partial charge in [0.05, 0.1) is 12.4 Å². The smallest absolute Gasteiger partial charge is 0.163 e. The summed E-state index contributed by atoms with van der Waals surface area (Å²) >= 11 is 0. The van der Waals surface area contributed by atoms with E-state index in [-0.39, 0.29) is 11.6 Å². The summed E-state index contributed by atoms with van der Waals surface area (Å²) < 4.78 is 0. The molecule has 1 fully saturated rings. The Bertz CT molecular complexity index is 880. The van der Waals surface area contributed by atoms with Gasteiger partial charge in [0.25, 0.3) is 0 Å². The molecule has 0 radical (unpaired) electrons. The Morgan fingerprint density at radius 3 is 2.07 bits per heavy atom. The minimum atomic E-state index is -0.128. The molecule has 3 heteroatoms. The van der Waals surface area contributed by atoms with E-state index >= 15 is 0 Å². The van der Waals surface area contributed by atoms with Crippen LogP contribution in [0.15, 0.2) is 78.9 Å². The molecule has 0 amide bonds. The molecule has 1 heterocycles. The molecule has 3 nitrogen and oxygen atoms in total. The predicted octanol–water partition coefficient (Wildman–Crippen LogP) is 5.65. The van der Waals surface area contributed by atoms with Crippen molar-refractivity contribution in [2.45, 2.75) is 32.4 Å². The van der Waals surface area contributed by atoms with Gasteiger partial charge in [0, 0.05) is 0 Å². The van der Waals surface area contributed by atoms with Crippen molar-refractivity contribution < 1.29 is 4.84 Å². The number of hydrogen-bond acceptors (Lipinski definition) is 3. The van der Waals surface area contributed by atoms with Crippen molar-refractivity contribution in [2.75, 3.05) is 11.7 Å². The van der Waals surface area contributed by atoms with E-state index < -0.39 is 0 Å². The van der Waals surface area contributed by atoms with Crippen LogP contribution < -0.4 is 10.4 Å². The molecule has 0 spiro atoms. The highest BCUT2D eigenvalue weighted by Gasteiger charge is 2.25. The quantitative estimate of drug-likeness (QED) is 0.655. The topological polar surface area (TPSA) is 24.5 Å². The average molecular weight is 358 g/mol. The maximum Gasteiger partial charge on any atom is 0.163 e. The molecule has 1 aliphatic rings. The van der Waals surface area contributed by atoms with Crippen LogP contribution in [0.25, 0.3) is 11.1 Å². The average Bonchev–Trinajstić information content (AvgIpc) is 3.18. The lowest BCUT2D eigenvalue weighted by atomic mass is 9.87. The third-order valence-corrected chi connectivity index (χ3v) is 4.99. The van der Waals surface area contributed by atoms with Gasteiger partial charge in [-0.2, -0.15) is 0 Å². The molecule has 0 aliphatic carbocycles. The van der Waals surface area contributed by atoms with Crippen molar-refractivity contribution in [3.63, 3.8) is 0 Å². The first-order valence-corrected chi connectivity index (χ1v) is 9.44. The van der Waals surface area contributed by atoms with Gasteiger partial charge in [-0.3, -0.25) is 5.32 Å². The second-order valence-electron chi connectivity index (χ2n) is 8.01. The van der Waals surface area contributed by atoms with Gasteiger partial charge in [-0.15, -0.1) is 0 Å². The van der Waals surface area contributed by atoms with Crippen LogP contribution >= 0.6 is 0 Å². The van der Waals surface area contributed by atoms with E-state index in [1.54, 1.807) is 0 Å². The lowest BCUT2D eigenvalue weighted by Gasteiger charge is -2.21. The van der Waals surface area contributed by atoms with Gasteiger partial charge in [-0.25, -0.2) is 9.90 Å². The SMILES string of the molecule is CC(C)(C)c1ccc(N2CNC(c3ccc(-c4ccccc4)cc3)O2)cc1. The summed E-state index contributed by atoms with van der Waals surface area (Å²) in [5.74, 6) is 0. The van der Waals surface area contributed by atoms with Crippen molar-refractivity contribution in [3.8, 4) is 11.1 Å². The van der Waals surface area contributed by atoms with Gasteiger partial charge in [0.15, 0.2) is 6.23 Å². The Morgan fingerprint density at radius 1 is 0.815 bits per heavy atom. The Balaban J connectivity index is 1.45. The van der Waals surface area contributed by atoms with E-state index in [2.05, 4.69) is 98.9 Å². The molecule has 27 heavy (non-hydrogen) atoms. The number of hydrogen-bond donors (Lipinski definition) is 1. The molecule has 1 unspecified atom stereocenters. The summed E-state index contributed by atoms with van der Waals surface area (Å²) in [5.41, 5.74) is 6.12. The lowest BCUT2D eigenvalue weighted by Crippen LogP contribution is -2.20. The van der Waals surface area contributed by atoms with E-state index in [4.69, 9.17) is 4.84 Å². The van der Waals surface area contributed by atoms with Gasteiger partial charge in [-0.1, -0.05) is 87.5 Å². The molecule has 3 aromatic carbocycles. The van der Waals surface area contributed by atoms with Gasteiger partial charge in [-0.05, 0) is 39.8 Å². The number of benzene rings is 3. The fourth-order valence-corrected chi connectivity index (χ4v) is 3.31. The Hall–Kier alpha value is -2.62. The lowest BCUT2D eigenvalue weighted by molar-refractivity contribution is 0.0789. The minimum absolute atomic E-state index is 0.128. The first kappa shape index (κ1) is 17.8. The van der Waals surface area contributed by atoms with Crippen LogP contribution in [0.3, 0.4) is 0 Å². The molecule has 0 bridgehead atoms. The maximum absolute atomic E-state index is 6.13. The largest absolute Gasteiger partial charge is 0.266 e. The van der Waals surface area contributed by atoms with E-state index in [0.717, 1.165) is 11.3 Å². The first-order valence-electron chi connectivity index (χ1n) is 9.44. The van der Waals surface area contributed by atoms with Crippen LogP contribution in [0.4, 0.5) is 5.69 Å². The number of nitrogens with one attached hydrogen (secondary N) is 1. The number of anilines is 1. The maximum atomic E-state index is 6.13. The van der Waals surface area contributed by atoms with Gasteiger partial charge in [0.1, 0.15) is 0 Å². The summed E-state index contributed by atoms with van der Waals surface area (Å²) in [5, 5.41) is 5.35. The van der Waals surface area contributed by atoms with Crippen LogP contribution in [0, 0.1) is 0 Å². The third kappa shape index (κ3) is 3.90. The predicted molar refractivity (Wildman–Crippen MR) is 111 cm³/mol. The molecule has 0 aromatic heterocycles. The van der Waals surface area contributed by atoms with Crippen molar-refractivity contribution >= 4 is 5.69 Å². The number of nitrogens with zero attached hydrogens (tertiary/aromatic N) is 1. The van der Waals surface area contributed by atoms with Crippen molar-refractivity contribution in [1.82, 2.24) is 5.32 Å². The second-order valence-corrected chi connectivity index (χ2v) is 8.01. The summed E-state index contributed by atoms with van der Waals surface area (Å²) in [4.78, 5) is 6.13. The zero-order valence-corrected chi connectivity index (χ0v) is 16.1. The van der Waals surface area contributed by atoms with Gasteiger partial charge < -0.3 is 0 Å². The van der Waals surface area contributed by atoms with E-state index in [1.165, 1.54) is 16.7 Å². The summed E-state index contributed by atoms with van der Waals surface area (Å²) in [6.07, 6.45) is -0.128. The van der Waals surface area contributed by atoms with Gasteiger partial charge >= 0.3 is 0 Å². The minimum Gasteiger partial charge on any atom is -0.266 e. The molecular formula is C24H26N2O. The highest BCUT2D eigenvalue weighted by molar-refractivity contribution is 5.63. The van der Waals surface area contributed by atoms with Crippen LogP contribution in [-0.4, -0.2) is 6.67 Å². The van der Waals surface area contributed by atoms with Gasteiger partial charge in [0.2, 0.25) is 0 Å². The highest BCUT2D eigenvalue weighted by atomic mass is 16.7. The standard InChI is InChI=1S/C24H26N2O/c1-24(2,3)21-13-15-22(16-14-21)26-17-25-23(27-26)20-11-9-19(10-12-20)18-7-5-4-6-8-18/h4-16,23,25H,17H2,1-3H3. The van der Waals surface area contributed by atoms with E-state index in [0.29, 0.717) is 6.67 Å². The molecule has 3 aromatic rings. The van der Waals surface area contributed by atoms with Crippen molar-refractivity contribution in [3.05, 3.63) is 90.0 Å². The van der Waals surface area contributed by atoms with Crippen LogP contribution in [0.5, 0.6) is 0 Å². The number of rotatable bonds is 3. The fraction of sp³-hybridized carbons (Fsp3) is 0.250. The zero-order chi connectivity index (χ0) is 18.9. The Kier molecular flexibility index (Phi) is 4.73. The molecular weight excluding hydrogens is 332 g/mol. The normalized spacial score (nSPS) is 17.3. The fourth-order valence-electron chi connectivity index (χ4n) is 3.31.